The molecule has 0 aliphatic rings. The fourth-order valence-electron chi connectivity index (χ4n) is 0.968. The Balaban J connectivity index is 2.90. The van der Waals surface area contributed by atoms with E-state index < -0.39 is 0 Å². The SMILES string of the molecule is Cc1cc(Cl)ccc1CNN. The van der Waals surface area contributed by atoms with Crippen molar-refractivity contribution in [1.82, 2.24) is 5.43 Å². The van der Waals surface area contributed by atoms with Gasteiger partial charge in [-0.1, -0.05) is 17.7 Å². The number of nitrogens with one attached hydrogen (secondary N) is 1. The normalized spacial score (nSPS) is 10.1. The van der Waals surface area contributed by atoms with Crippen molar-refractivity contribution >= 4 is 11.6 Å². The second kappa shape index (κ2) is 3.72. The summed E-state index contributed by atoms with van der Waals surface area (Å²) in [5, 5.41) is 0.767. The molecule has 0 aromatic heterocycles. The Labute approximate surface area is 71.3 Å². The Morgan fingerprint density at radius 2 is 2.27 bits per heavy atom. The molecule has 0 atom stereocenters. The fourth-order valence-corrected chi connectivity index (χ4v) is 1.19. The van der Waals surface area contributed by atoms with Crippen LogP contribution in [-0.2, 0) is 6.54 Å². The maximum Gasteiger partial charge on any atom is 0.0408 e. The van der Waals surface area contributed by atoms with E-state index in [0.717, 1.165) is 10.6 Å². The average Bonchev–Trinajstić information content (AvgIpc) is 1.95. The van der Waals surface area contributed by atoms with Crippen LogP contribution < -0.4 is 11.3 Å². The van der Waals surface area contributed by atoms with Crippen molar-refractivity contribution in [2.75, 3.05) is 0 Å². The maximum atomic E-state index is 5.77. The summed E-state index contributed by atoms with van der Waals surface area (Å²) < 4.78 is 0. The smallest absolute Gasteiger partial charge is 0.0408 e. The minimum Gasteiger partial charge on any atom is -0.271 e. The van der Waals surface area contributed by atoms with E-state index in [-0.39, 0.29) is 0 Å². The third-order valence-electron chi connectivity index (χ3n) is 1.60. The molecule has 0 heterocycles. The summed E-state index contributed by atoms with van der Waals surface area (Å²) in [4.78, 5) is 0. The highest BCUT2D eigenvalue weighted by molar-refractivity contribution is 6.30. The molecule has 0 aliphatic heterocycles. The van der Waals surface area contributed by atoms with E-state index in [0.29, 0.717) is 6.54 Å². The molecule has 1 rings (SSSR count). The number of hydrazine groups is 1. The molecule has 0 saturated heterocycles. The first-order valence-corrected chi connectivity index (χ1v) is 3.80. The maximum absolute atomic E-state index is 5.77. The Bertz CT molecular complexity index is 248. The molecule has 0 radical (unpaired) electrons. The predicted molar refractivity (Wildman–Crippen MR) is 47.2 cm³/mol. The zero-order valence-corrected chi connectivity index (χ0v) is 7.15. The van der Waals surface area contributed by atoms with E-state index in [1.807, 2.05) is 25.1 Å². The van der Waals surface area contributed by atoms with Gasteiger partial charge in [0.2, 0.25) is 0 Å². The monoisotopic (exact) mass is 170 g/mol. The van der Waals surface area contributed by atoms with Gasteiger partial charge in [0.15, 0.2) is 0 Å². The summed E-state index contributed by atoms with van der Waals surface area (Å²) in [6.07, 6.45) is 0. The Kier molecular flexibility index (Phi) is 2.88. The molecule has 0 saturated carbocycles. The summed E-state index contributed by atoms with van der Waals surface area (Å²) in [6.45, 7) is 2.70. The van der Waals surface area contributed by atoms with Gasteiger partial charge in [0.1, 0.15) is 0 Å². The van der Waals surface area contributed by atoms with Crippen molar-refractivity contribution in [2.45, 2.75) is 13.5 Å². The van der Waals surface area contributed by atoms with Gasteiger partial charge < -0.3 is 0 Å². The molecule has 3 N–H and O–H groups in total. The van der Waals surface area contributed by atoms with Crippen LogP contribution in [0.4, 0.5) is 0 Å². The molecule has 11 heavy (non-hydrogen) atoms. The quantitative estimate of drug-likeness (QED) is 0.523. The van der Waals surface area contributed by atoms with Crippen molar-refractivity contribution in [3.63, 3.8) is 0 Å². The van der Waals surface area contributed by atoms with Crippen LogP contribution >= 0.6 is 11.6 Å². The van der Waals surface area contributed by atoms with Gasteiger partial charge in [0.05, 0.1) is 0 Å². The number of nitrogens with two attached hydrogens (primary N) is 1. The fraction of sp³-hybridized carbons (Fsp3) is 0.250. The van der Waals surface area contributed by atoms with Crippen molar-refractivity contribution in [2.24, 2.45) is 5.84 Å². The Hall–Kier alpha value is -0.570. The van der Waals surface area contributed by atoms with E-state index in [1.54, 1.807) is 0 Å². The van der Waals surface area contributed by atoms with Crippen molar-refractivity contribution in [3.05, 3.63) is 34.3 Å². The second-order valence-electron chi connectivity index (χ2n) is 2.45. The van der Waals surface area contributed by atoms with Gasteiger partial charge in [0.25, 0.3) is 0 Å². The second-order valence-corrected chi connectivity index (χ2v) is 2.89. The van der Waals surface area contributed by atoms with Crippen LogP contribution in [0.25, 0.3) is 0 Å². The highest BCUT2D eigenvalue weighted by atomic mass is 35.5. The van der Waals surface area contributed by atoms with E-state index in [4.69, 9.17) is 17.4 Å². The molecule has 0 amide bonds. The van der Waals surface area contributed by atoms with E-state index in [1.165, 1.54) is 5.56 Å². The minimum absolute atomic E-state index is 0.684. The third kappa shape index (κ3) is 2.19. The average molecular weight is 171 g/mol. The van der Waals surface area contributed by atoms with Crippen molar-refractivity contribution in [1.29, 1.82) is 0 Å². The van der Waals surface area contributed by atoms with Crippen LogP contribution in [0.15, 0.2) is 18.2 Å². The molecule has 0 unspecified atom stereocenters. The Morgan fingerprint density at radius 1 is 1.55 bits per heavy atom. The summed E-state index contributed by atoms with van der Waals surface area (Å²) in [6, 6.07) is 5.76. The van der Waals surface area contributed by atoms with Gasteiger partial charge in [-0.2, -0.15) is 0 Å². The van der Waals surface area contributed by atoms with Crippen LogP contribution in [0, 0.1) is 6.92 Å². The van der Waals surface area contributed by atoms with Gasteiger partial charge >= 0.3 is 0 Å². The highest BCUT2D eigenvalue weighted by Gasteiger charge is 1.96. The molecule has 1 aromatic rings. The molecule has 1 aromatic carbocycles. The van der Waals surface area contributed by atoms with Crippen LogP contribution in [-0.4, -0.2) is 0 Å². The van der Waals surface area contributed by atoms with Gasteiger partial charge in [-0.05, 0) is 30.2 Å². The number of hydrogen-bond acceptors (Lipinski definition) is 2. The first kappa shape index (κ1) is 8.53. The van der Waals surface area contributed by atoms with E-state index in [9.17, 15) is 0 Å². The van der Waals surface area contributed by atoms with Crippen molar-refractivity contribution < 1.29 is 0 Å². The number of rotatable bonds is 2. The summed E-state index contributed by atoms with van der Waals surface area (Å²) in [7, 11) is 0. The van der Waals surface area contributed by atoms with Crippen molar-refractivity contribution in [3.8, 4) is 0 Å². The van der Waals surface area contributed by atoms with Crippen LogP contribution in [0.3, 0.4) is 0 Å². The first-order chi connectivity index (χ1) is 5.24. The van der Waals surface area contributed by atoms with E-state index >= 15 is 0 Å². The van der Waals surface area contributed by atoms with Gasteiger partial charge in [-0.15, -0.1) is 0 Å². The number of aryl methyl sites for hydroxylation is 1. The lowest BCUT2D eigenvalue weighted by Crippen LogP contribution is -2.21. The topological polar surface area (TPSA) is 38.0 Å². The Morgan fingerprint density at radius 3 is 2.82 bits per heavy atom. The zero-order chi connectivity index (χ0) is 8.27. The molecule has 2 nitrogen and oxygen atoms in total. The minimum atomic E-state index is 0.684. The number of hydrogen-bond donors (Lipinski definition) is 2. The lowest BCUT2D eigenvalue weighted by atomic mass is 10.1. The van der Waals surface area contributed by atoms with Gasteiger partial charge in [-0.25, -0.2) is 0 Å². The summed E-state index contributed by atoms with van der Waals surface area (Å²) in [5.41, 5.74) is 4.94. The van der Waals surface area contributed by atoms with Crippen LogP contribution in [0.5, 0.6) is 0 Å². The molecular weight excluding hydrogens is 160 g/mol. The van der Waals surface area contributed by atoms with E-state index in [2.05, 4.69) is 5.43 Å². The third-order valence-corrected chi connectivity index (χ3v) is 1.83. The first-order valence-electron chi connectivity index (χ1n) is 3.42. The molecular formula is C8H11ClN2. The zero-order valence-electron chi connectivity index (χ0n) is 6.39. The molecule has 3 heteroatoms. The lowest BCUT2D eigenvalue weighted by Gasteiger charge is -2.03. The molecule has 0 bridgehead atoms. The number of halogens is 1. The molecule has 0 aliphatic carbocycles. The molecule has 60 valence electrons. The molecule has 0 fully saturated rings. The van der Waals surface area contributed by atoms with Crippen LogP contribution in [0.1, 0.15) is 11.1 Å². The largest absolute Gasteiger partial charge is 0.271 e. The lowest BCUT2D eigenvalue weighted by molar-refractivity contribution is 0.737. The highest BCUT2D eigenvalue weighted by Crippen LogP contribution is 2.14. The summed E-state index contributed by atoms with van der Waals surface area (Å²) in [5.74, 6) is 5.18. The van der Waals surface area contributed by atoms with Gasteiger partial charge in [-0.3, -0.25) is 11.3 Å². The summed E-state index contributed by atoms with van der Waals surface area (Å²) >= 11 is 5.77. The standard InChI is InChI=1S/C8H11ClN2/c1-6-4-8(9)3-2-7(6)5-11-10/h2-4,11H,5,10H2,1H3. The van der Waals surface area contributed by atoms with Gasteiger partial charge in [0, 0.05) is 11.6 Å². The predicted octanol–water partition coefficient (Wildman–Crippen LogP) is 1.61. The molecule has 0 spiro atoms. The van der Waals surface area contributed by atoms with Crippen LogP contribution in [0.2, 0.25) is 5.02 Å². The number of benzene rings is 1.